The van der Waals surface area contributed by atoms with Crippen molar-refractivity contribution in [1.82, 2.24) is 4.57 Å². The van der Waals surface area contributed by atoms with Crippen LogP contribution >= 0.6 is 11.6 Å². The fraction of sp³-hybridized carbons (Fsp3) is 0. The lowest BCUT2D eigenvalue weighted by Crippen LogP contribution is -1.88. The number of hydrogen-bond acceptors (Lipinski definition) is 1. The van der Waals surface area contributed by atoms with Crippen LogP contribution in [-0.4, -0.2) is 10.9 Å². The minimum absolute atomic E-state index is 0.657. The summed E-state index contributed by atoms with van der Waals surface area (Å²) < 4.78 is 1.86. The van der Waals surface area contributed by atoms with Crippen LogP contribution in [0.15, 0.2) is 42.7 Å². The number of benzene rings is 1. The second-order valence-corrected chi connectivity index (χ2v) is 3.39. The Morgan fingerprint density at radius 1 is 1.29 bits per heavy atom. The lowest BCUT2D eigenvalue weighted by Gasteiger charge is -2.01. The van der Waals surface area contributed by atoms with Gasteiger partial charge in [-0.1, -0.05) is 17.7 Å². The van der Waals surface area contributed by atoms with Crippen LogP contribution in [0, 0.1) is 0 Å². The van der Waals surface area contributed by atoms with Crippen LogP contribution in [0.3, 0.4) is 0 Å². The summed E-state index contributed by atoms with van der Waals surface area (Å²) >= 11 is 5.85. The average molecular weight is 206 g/mol. The fourth-order valence-corrected chi connectivity index (χ4v) is 1.46. The van der Waals surface area contributed by atoms with Crippen molar-refractivity contribution in [2.24, 2.45) is 0 Å². The van der Waals surface area contributed by atoms with Crippen molar-refractivity contribution in [3.05, 3.63) is 53.3 Å². The molecule has 0 N–H and O–H groups in total. The zero-order valence-electron chi connectivity index (χ0n) is 7.35. The predicted octanol–water partition coefficient (Wildman–Crippen LogP) is 2.94. The Balaban J connectivity index is 2.43. The number of carbonyl (C=O) groups is 1. The minimum atomic E-state index is 0.657. The van der Waals surface area contributed by atoms with Gasteiger partial charge in [-0.05, 0) is 24.3 Å². The highest BCUT2D eigenvalue weighted by atomic mass is 35.5. The summed E-state index contributed by atoms with van der Waals surface area (Å²) in [5.41, 5.74) is 1.61. The molecule has 0 spiro atoms. The van der Waals surface area contributed by atoms with Gasteiger partial charge in [0.2, 0.25) is 0 Å². The van der Waals surface area contributed by atoms with Gasteiger partial charge in [0.15, 0.2) is 6.29 Å². The first kappa shape index (κ1) is 9.03. The average Bonchev–Trinajstić information content (AvgIpc) is 2.66. The molecule has 0 unspecified atom stereocenters. The van der Waals surface area contributed by atoms with Crippen molar-refractivity contribution < 1.29 is 4.79 Å². The summed E-state index contributed by atoms with van der Waals surface area (Å²) in [6.07, 6.45) is 4.41. The summed E-state index contributed by atoms with van der Waals surface area (Å²) in [7, 11) is 0. The van der Waals surface area contributed by atoms with Crippen LogP contribution in [0.5, 0.6) is 0 Å². The van der Waals surface area contributed by atoms with E-state index in [0.29, 0.717) is 10.6 Å². The van der Waals surface area contributed by atoms with E-state index in [9.17, 15) is 4.79 Å². The maximum Gasteiger partial charge on any atom is 0.151 e. The van der Waals surface area contributed by atoms with E-state index in [1.54, 1.807) is 12.3 Å². The third-order valence-electron chi connectivity index (χ3n) is 1.96. The van der Waals surface area contributed by atoms with Gasteiger partial charge < -0.3 is 4.57 Å². The molecule has 2 rings (SSSR count). The van der Waals surface area contributed by atoms with E-state index in [0.717, 1.165) is 12.0 Å². The number of halogens is 1. The Labute approximate surface area is 86.7 Å². The maximum atomic E-state index is 10.5. The molecule has 0 aliphatic carbocycles. The Bertz CT molecular complexity index is 462. The predicted molar refractivity (Wildman–Crippen MR) is 56.2 cm³/mol. The van der Waals surface area contributed by atoms with Crippen molar-refractivity contribution in [3.63, 3.8) is 0 Å². The molecule has 70 valence electrons. The van der Waals surface area contributed by atoms with E-state index in [4.69, 9.17) is 11.6 Å². The van der Waals surface area contributed by atoms with Crippen molar-refractivity contribution in [2.75, 3.05) is 0 Å². The Morgan fingerprint density at radius 2 is 2.14 bits per heavy atom. The molecule has 0 saturated heterocycles. The molecule has 14 heavy (non-hydrogen) atoms. The molecule has 0 saturated carbocycles. The molecule has 0 radical (unpaired) electrons. The number of carbonyl (C=O) groups excluding carboxylic acids is 1. The third-order valence-corrected chi connectivity index (χ3v) is 2.19. The third kappa shape index (κ3) is 1.70. The van der Waals surface area contributed by atoms with Gasteiger partial charge >= 0.3 is 0 Å². The molecular weight excluding hydrogens is 198 g/mol. The first-order valence-electron chi connectivity index (χ1n) is 4.19. The van der Waals surface area contributed by atoms with Gasteiger partial charge in [-0.3, -0.25) is 4.79 Å². The summed E-state index contributed by atoms with van der Waals surface area (Å²) in [5.74, 6) is 0. The fourth-order valence-electron chi connectivity index (χ4n) is 1.28. The smallest absolute Gasteiger partial charge is 0.151 e. The van der Waals surface area contributed by atoms with Crippen LogP contribution in [0.4, 0.5) is 0 Å². The van der Waals surface area contributed by atoms with Crippen molar-refractivity contribution >= 4 is 17.9 Å². The molecular formula is C11H8ClNO. The van der Waals surface area contributed by atoms with Gasteiger partial charge in [0, 0.05) is 28.7 Å². The number of hydrogen-bond donors (Lipinski definition) is 0. The zero-order chi connectivity index (χ0) is 9.97. The van der Waals surface area contributed by atoms with Crippen LogP contribution in [0.2, 0.25) is 5.02 Å². The highest BCUT2D eigenvalue weighted by Gasteiger charge is 1.98. The van der Waals surface area contributed by atoms with Crippen molar-refractivity contribution in [2.45, 2.75) is 0 Å². The van der Waals surface area contributed by atoms with Gasteiger partial charge in [-0.2, -0.15) is 0 Å². The summed E-state index contributed by atoms with van der Waals surface area (Å²) in [4.78, 5) is 10.5. The van der Waals surface area contributed by atoms with E-state index in [1.807, 2.05) is 35.0 Å². The molecule has 0 aliphatic rings. The molecule has 1 aromatic carbocycles. The Hall–Kier alpha value is -1.54. The lowest BCUT2D eigenvalue weighted by molar-refractivity contribution is 0.112. The molecule has 0 aliphatic heterocycles. The number of aldehydes is 1. The zero-order valence-corrected chi connectivity index (χ0v) is 8.11. The van der Waals surface area contributed by atoms with Gasteiger partial charge in [0.05, 0.1) is 0 Å². The van der Waals surface area contributed by atoms with Crippen LogP contribution in [-0.2, 0) is 0 Å². The molecule has 3 heteroatoms. The largest absolute Gasteiger partial charge is 0.323 e. The summed E-state index contributed by atoms with van der Waals surface area (Å²) in [6.45, 7) is 0. The van der Waals surface area contributed by atoms with Gasteiger partial charge in [0.25, 0.3) is 0 Å². The second-order valence-electron chi connectivity index (χ2n) is 2.95. The molecule has 0 fully saturated rings. The summed E-state index contributed by atoms with van der Waals surface area (Å²) in [6, 6.07) is 9.22. The first-order valence-corrected chi connectivity index (χ1v) is 4.56. The SMILES string of the molecule is O=Cc1ccn(-c2cccc(Cl)c2)c1. The van der Waals surface area contributed by atoms with E-state index >= 15 is 0 Å². The topological polar surface area (TPSA) is 22.0 Å². The molecule has 2 nitrogen and oxygen atoms in total. The lowest BCUT2D eigenvalue weighted by atomic mass is 10.3. The molecule has 0 amide bonds. The van der Waals surface area contributed by atoms with Gasteiger partial charge in [0.1, 0.15) is 0 Å². The highest BCUT2D eigenvalue weighted by molar-refractivity contribution is 6.30. The molecule has 2 aromatic rings. The Morgan fingerprint density at radius 3 is 2.79 bits per heavy atom. The van der Waals surface area contributed by atoms with Crippen LogP contribution in [0.1, 0.15) is 10.4 Å². The quantitative estimate of drug-likeness (QED) is 0.691. The normalized spacial score (nSPS) is 10.1. The van der Waals surface area contributed by atoms with E-state index in [-0.39, 0.29) is 0 Å². The van der Waals surface area contributed by atoms with Gasteiger partial charge in [-0.25, -0.2) is 0 Å². The van der Waals surface area contributed by atoms with E-state index in [2.05, 4.69) is 0 Å². The number of nitrogens with zero attached hydrogens (tertiary/aromatic N) is 1. The van der Waals surface area contributed by atoms with Crippen LogP contribution < -0.4 is 0 Å². The van der Waals surface area contributed by atoms with Crippen LogP contribution in [0.25, 0.3) is 5.69 Å². The summed E-state index contributed by atoms with van der Waals surface area (Å²) in [5, 5.41) is 0.684. The van der Waals surface area contributed by atoms with Crippen molar-refractivity contribution in [1.29, 1.82) is 0 Å². The maximum absolute atomic E-state index is 10.5. The van der Waals surface area contributed by atoms with E-state index in [1.165, 1.54) is 0 Å². The highest BCUT2D eigenvalue weighted by Crippen LogP contribution is 2.15. The second kappa shape index (κ2) is 3.68. The molecule has 0 bridgehead atoms. The molecule has 1 heterocycles. The molecule has 0 atom stereocenters. The monoisotopic (exact) mass is 205 g/mol. The van der Waals surface area contributed by atoms with Gasteiger partial charge in [-0.15, -0.1) is 0 Å². The Kier molecular flexibility index (Phi) is 2.37. The molecule has 1 aromatic heterocycles. The number of aromatic nitrogens is 1. The number of rotatable bonds is 2. The van der Waals surface area contributed by atoms with Crippen molar-refractivity contribution in [3.8, 4) is 5.69 Å². The van der Waals surface area contributed by atoms with E-state index < -0.39 is 0 Å². The first-order chi connectivity index (χ1) is 6.79. The standard InChI is InChI=1S/C11H8ClNO/c12-10-2-1-3-11(6-10)13-5-4-9(7-13)8-14/h1-8H. The minimum Gasteiger partial charge on any atom is -0.323 e.